The van der Waals surface area contributed by atoms with Crippen LogP contribution in [-0.2, 0) is 11.2 Å². The molecule has 6 heteroatoms. The number of carbonyl (C=O) groups is 1. The lowest BCUT2D eigenvalue weighted by molar-refractivity contribution is 0.0634. The molecule has 0 aliphatic heterocycles. The van der Waals surface area contributed by atoms with Crippen LogP contribution in [0.15, 0.2) is 12.4 Å². The molecule has 1 saturated carbocycles. The van der Waals surface area contributed by atoms with E-state index in [4.69, 9.17) is 10.5 Å². The summed E-state index contributed by atoms with van der Waals surface area (Å²) in [5, 5.41) is 2.51. The van der Waals surface area contributed by atoms with E-state index < -0.39 is 11.7 Å². The number of amides is 1. The van der Waals surface area contributed by atoms with Crippen molar-refractivity contribution in [3.05, 3.63) is 18.0 Å². The third kappa shape index (κ3) is 4.16. The van der Waals surface area contributed by atoms with Crippen molar-refractivity contribution in [2.45, 2.75) is 45.6 Å². The maximum Gasteiger partial charge on any atom is 0.414 e. The quantitative estimate of drug-likeness (QED) is 0.880. The summed E-state index contributed by atoms with van der Waals surface area (Å²) in [6.45, 7) is 6.11. The number of hydrogen-bond donors (Lipinski definition) is 2. The van der Waals surface area contributed by atoms with Gasteiger partial charge in [-0.3, -0.25) is 5.32 Å². The molecule has 1 aliphatic carbocycles. The largest absolute Gasteiger partial charge is 0.444 e. The minimum atomic E-state index is -0.550. The van der Waals surface area contributed by atoms with E-state index in [1.165, 1.54) is 12.8 Å². The number of aromatic nitrogens is 2. The molecular weight excluding hydrogens is 256 g/mol. The minimum absolute atomic E-state index is 0.251. The van der Waals surface area contributed by atoms with E-state index in [0.717, 1.165) is 12.0 Å². The Morgan fingerprint density at radius 3 is 2.45 bits per heavy atom. The molecule has 0 spiro atoms. The Bertz CT molecular complexity index is 475. The van der Waals surface area contributed by atoms with Crippen molar-refractivity contribution >= 4 is 12.0 Å². The van der Waals surface area contributed by atoms with Gasteiger partial charge in [-0.1, -0.05) is 0 Å². The van der Waals surface area contributed by atoms with Gasteiger partial charge in [0.15, 0.2) is 0 Å². The van der Waals surface area contributed by atoms with Crippen molar-refractivity contribution in [3.63, 3.8) is 0 Å². The second-order valence-electron chi connectivity index (χ2n) is 6.42. The van der Waals surface area contributed by atoms with Gasteiger partial charge in [-0.15, -0.1) is 0 Å². The number of anilines is 1. The average molecular weight is 278 g/mol. The van der Waals surface area contributed by atoms with Crippen LogP contribution in [0.4, 0.5) is 10.7 Å². The first kappa shape index (κ1) is 14.7. The average Bonchev–Trinajstić information content (AvgIpc) is 3.10. The van der Waals surface area contributed by atoms with Crippen molar-refractivity contribution in [3.8, 4) is 0 Å². The fourth-order valence-corrected chi connectivity index (χ4v) is 1.97. The standard InChI is InChI=1S/C14H22N4O2/c1-13(2,3)20-12(19)18-11-16-7-10(8-17-11)6-14(9-15)4-5-14/h7-8H,4-6,9,15H2,1-3H3,(H,16,17,18,19). The van der Waals surface area contributed by atoms with Gasteiger partial charge in [-0.2, -0.15) is 0 Å². The molecule has 0 saturated heterocycles. The van der Waals surface area contributed by atoms with Crippen LogP contribution in [0, 0.1) is 5.41 Å². The molecule has 1 fully saturated rings. The number of nitrogens with one attached hydrogen (secondary N) is 1. The van der Waals surface area contributed by atoms with E-state index in [1.54, 1.807) is 33.2 Å². The Morgan fingerprint density at radius 2 is 2.00 bits per heavy atom. The molecule has 0 bridgehead atoms. The SMILES string of the molecule is CC(C)(C)OC(=O)Nc1ncc(CC2(CN)CC2)cn1. The smallest absolute Gasteiger partial charge is 0.414 e. The van der Waals surface area contributed by atoms with Crippen LogP contribution in [0.5, 0.6) is 0 Å². The molecule has 1 heterocycles. The van der Waals surface area contributed by atoms with Gasteiger partial charge in [-0.05, 0) is 57.6 Å². The van der Waals surface area contributed by atoms with Crippen LogP contribution in [0.25, 0.3) is 0 Å². The summed E-state index contributed by atoms with van der Waals surface area (Å²) in [4.78, 5) is 19.8. The molecule has 0 radical (unpaired) electrons. The summed E-state index contributed by atoms with van der Waals surface area (Å²) in [7, 11) is 0. The monoisotopic (exact) mass is 278 g/mol. The first-order valence-corrected chi connectivity index (χ1v) is 6.83. The normalized spacial score (nSPS) is 16.6. The highest BCUT2D eigenvalue weighted by atomic mass is 16.6. The molecule has 1 aromatic heterocycles. The summed E-state index contributed by atoms with van der Waals surface area (Å²) < 4.78 is 5.13. The Labute approximate surface area is 119 Å². The summed E-state index contributed by atoms with van der Waals surface area (Å²) in [6, 6.07) is 0. The fourth-order valence-electron chi connectivity index (χ4n) is 1.97. The summed E-state index contributed by atoms with van der Waals surface area (Å²) >= 11 is 0. The van der Waals surface area contributed by atoms with Gasteiger partial charge in [0, 0.05) is 12.4 Å². The van der Waals surface area contributed by atoms with Gasteiger partial charge in [0.2, 0.25) is 5.95 Å². The number of nitrogens with two attached hydrogens (primary N) is 1. The second-order valence-corrected chi connectivity index (χ2v) is 6.42. The fraction of sp³-hybridized carbons (Fsp3) is 0.643. The van der Waals surface area contributed by atoms with E-state index in [1.807, 2.05) is 0 Å². The van der Waals surface area contributed by atoms with E-state index in [0.29, 0.717) is 6.54 Å². The lowest BCUT2D eigenvalue weighted by atomic mass is 9.99. The molecule has 0 atom stereocenters. The maximum absolute atomic E-state index is 11.6. The molecule has 2 rings (SSSR count). The number of rotatable bonds is 4. The van der Waals surface area contributed by atoms with E-state index in [9.17, 15) is 4.79 Å². The van der Waals surface area contributed by atoms with Gasteiger partial charge in [0.1, 0.15) is 5.60 Å². The van der Waals surface area contributed by atoms with Crippen molar-refractivity contribution < 1.29 is 9.53 Å². The van der Waals surface area contributed by atoms with Crippen molar-refractivity contribution in [2.24, 2.45) is 11.1 Å². The molecule has 6 nitrogen and oxygen atoms in total. The van der Waals surface area contributed by atoms with Crippen molar-refractivity contribution in [2.75, 3.05) is 11.9 Å². The van der Waals surface area contributed by atoms with Crippen LogP contribution in [-0.4, -0.2) is 28.2 Å². The number of nitrogens with zero attached hydrogens (tertiary/aromatic N) is 2. The molecule has 0 aromatic carbocycles. The van der Waals surface area contributed by atoms with Gasteiger partial charge < -0.3 is 10.5 Å². The minimum Gasteiger partial charge on any atom is -0.444 e. The van der Waals surface area contributed by atoms with Gasteiger partial charge >= 0.3 is 6.09 Å². The summed E-state index contributed by atoms with van der Waals surface area (Å²) in [5.74, 6) is 0.251. The third-order valence-electron chi connectivity index (χ3n) is 3.29. The second kappa shape index (κ2) is 5.36. The van der Waals surface area contributed by atoms with Crippen LogP contribution in [0.2, 0.25) is 0 Å². The Hall–Kier alpha value is -1.69. The maximum atomic E-state index is 11.6. The molecule has 20 heavy (non-hydrogen) atoms. The molecular formula is C14H22N4O2. The molecule has 1 aromatic rings. The first-order chi connectivity index (χ1) is 9.32. The lowest BCUT2D eigenvalue weighted by Crippen LogP contribution is -2.27. The van der Waals surface area contributed by atoms with Crippen molar-refractivity contribution in [1.29, 1.82) is 0 Å². The van der Waals surface area contributed by atoms with Crippen LogP contribution >= 0.6 is 0 Å². The zero-order chi connectivity index (χ0) is 14.8. The zero-order valence-corrected chi connectivity index (χ0v) is 12.3. The van der Waals surface area contributed by atoms with E-state index in [2.05, 4.69) is 15.3 Å². The number of carbonyl (C=O) groups excluding carboxylic acids is 1. The molecule has 3 N–H and O–H groups in total. The zero-order valence-electron chi connectivity index (χ0n) is 12.3. The van der Waals surface area contributed by atoms with Gasteiger partial charge in [0.25, 0.3) is 0 Å². The highest BCUT2D eigenvalue weighted by Crippen LogP contribution is 2.47. The lowest BCUT2D eigenvalue weighted by Gasteiger charge is -2.19. The van der Waals surface area contributed by atoms with Crippen LogP contribution in [0.1, 0.15) is 39.2 Å². The predicted octanol–water partition coefficient (Wildman–Crippen LogP) is 2.10. The van der Waals surface area contributed by atoms with Gasteiger partial charge in [-0.25, -0.2) is 14.8 Å². The Balaban J connectivity index is 1.90. The first-order valence-electron chi connectivity index (χ1n) is 6.83. The molecule has 0 unspecified atom stereocenters. The Kier molecular flexibility index (Phi) is 3.94. The Morgan fingerprint density at radius 1 is 1.40 bits per heavy atom. The third-order valence-corrected chi connectivity index (χ3v) is 3.29. The van der Waals surface area contributed by atoms with Gasteiger partial charge in [0.05, 0.1) is 0 Å². The highest BCUT2D eigenvalue weighted by Gasteiger charge is 2.41. The highest BCUT2D eigenvalue weighted by molar-refractivity contribution is 5.82. The van der Waals surface area contributed by atoms with Crippen LogP contribution < -0.4 is 11.1 Å². The molecule has 110 valence electrons. The summed E-state index contributed by atoms with van der Waals surface area (Å²) in [6.07, 6.45) is 6.15. The number of ether oxygens (including phenoxy) is 1. The molecule has 1 aliphatic rings. The predicted molar refractivity (Wildman–Crippen MR) is 76.3 cm³/mol. The molecule has 1 amide bonds. The van der Waals surface area contributed by atoms with E-state index in [-0.39, 0.29) is 11.4 Å². The number of hydrogen-bond acceptors (Lipinski definition) is 5. The topological polar surface area (TPSA) is 90.1 Å². The van der Waals surface area contributed by atoms with Crippen molar-refractivity contribution in [1.82, 2.24) is 9.97 Å². The van der Waals surface area contributed by atoms with Crippen LogP contribution in [0.3, 0.4) is 0 Å². The summed E-state index contributed by atoms with van der Waals surface area (Å²) in [5.41, 5.74) is 6.52. The van der Waals surface area contributed by atoms with E-state index >= 15 is 0 Å².